The van der Waals surface area contributed by atoms with Crippen molar-refractivity contribution >= 4 is 22.7 Å². The highest BCUT2D eigenvalue weighted by Crippen LogP contribution is 2.26. The Morgan fingerprint density at radius 2 is 1.73 bits per heavy atom. The van der Waals surface area contributed by atoms with Gasteiger partial charge in [-0.15, -0.1) is 0 Å². The van der Waals surface area contributed by atoms with E-state index in [0.717, 1.165) is 28.5 Å². The fraction of sp³-hybridized carbons (Fsp3) is 0.148. The first-order valence-electron chi connectivity index (χ1n) is 10.7. The Kier molecular flexibility index (Phi) is 6.63. The summed E-state index contributed by atoms with van der Waals surface area (Å²) < 4.78 is 0. The van der Waals surface area contributed by atoms with Crippen molar-refractivity contribution in [1.82, 2.24) is 10.3 Å². The summed E-state index contributed by atoms with van der Waals surface area (Å²) in [7, 11) is 0. The highest BCUT2D eigenvalue weighted by molar-refractivity contribution is 6.10. The molecule has 0 radical (unpaired) electrons. The van der Waals surface area contributed by atoms with Gasteiger partial charge >= 0.3 is 5.97 Å². The molecular weight excluding hydrogens is 414 g/mol. The van der Waals surface area contributed by atoms with Crippen molar-refractivity contribution in [3.8, 4) is 6.07 Å². The van der Waals surface area contributed by atoms with Crippen LogP contribution < -0.4 is 5.32 Å². The highest BCUT2D eigenvalue weighted by atomic mass is 16.4. The number of carboxylic acids is 1. The lowest BCUT2D eigenvalue weighted by Gasteiger charge is -2.18. The van der Waals surface area contributed by atoms with Crippen LogP contribution in [-0.2, 0) is 17.6 Å². The van der Waals surface area contributed by atoms with Crippen molar-refractivity contribution in [2.24, 2.45) is 0 Å². The van der Waals surface area contributed by atoms with Gasteiger partial charge in [-0.3, -0.25) is 9.59 Å². The van der Waals surface area contributed by atoms with Crippen LogP contribution in [-0.4, -0.2) is 28.4 Å². The fourth-order valence-corrected chi connectivity index (χ4v) is 3.93. The predicted octanol–water partition coefficient (Wildman–Crippen LogP) is 4.42. The van der Waals surface area contributed by atoms with E-state index in [0.29, 0.717) is 23.2 Å². The first kappa shape index (κ1) is 22.0. The minimum Gasteiger partial charge on any atom is -0.481 e. The molecule has 0 spiro atoms. The Morgan fingerprint density at radius 1 is 1.00 bits per heavy atom. The van der Waals surface area contributed by atoms with E-state index in [9.17, 15) is 9.59 Å². The number of nitriles is 1. The third-order valence-electron chi connectivity index (χ3n) is 5.61. The quantitative estimate of drug-likeness (QED) is 0.336. The van der Waals surface area contributed by atoms with E-state index in [2.05, 4.69) is 16.4 Å². The first-order valence-corrected chi connectivity index (χ1v) is 10.7. The first-order chi connectivity index (χ1) is 16.0. The van der Waals surface area contributed by atoms with Gasteiger partial charge in [0, 0.05) is 29.2 Å². The molecule has 6 heteroatoms. The molecule has 3 aromatic carbocycles. The van der Waals surface area contributed by atoms with E-state index in [4.69, 9.17) is 10.4 Å². The zero-order valence-electron chi connectivity index (χ0n) is 17.9. The molecule has 0 aliphatic heterocycles. The molecule has 0 fully saturated rings. The van der Waals surface area contributed by atoms with E-state index in [1.807, 2.05) is 42.5 Å². The summed E-state index contributed by atoms with van der Waals surface area (Å²) in [6, 6.07) is 23.9. The molecule has 0 saturated carbocycles. The van der Waals surface area contributed by atoms with E-state index >= 15 is 0 Å². The number of aromatic nitrogens is 1. The summed E-state index contributed by atoms with van der Waals surface area (Å²) >= 11 is 0. The number of nitrogens with zero attached hydrogens (tertiary/aromatic N) is 1. The van der Waals surface area contributed by atoms with Crippen LogP contribution in [0.2, 0.25) is 0 Å². The van der Waals surface area contributed by atoms with E-state index < -0.39 is 12.0 Å². The maximum atomic E-state index is 13.6. The Morgan fingerprint density at radius 3 is 2.42 bits per heavy atom. The van der Waals surface area contributed by atoms with Crippen molar-refractivity contribution in [2.75, 3.05) is 6.54 Å². The number of aliphatic carboxylic acids is 1. The second-order valence-corrected chi connectivity index (χ2v) is 7.87. The van der Waals surface area contributed by atoms with Gasteiger partial charge in [-0.25, -0.2) is 0 Å². The van der Waals surface area contributed by atoms with Gasteiger partial charge < -0.3 is 15.4 Å². The normalized spacial score (nSPS) is 11.7. The number of aromatic amines is 1. The number of nitrogens with one attached hydrogen (secondary N) is 2. The third-order valence-corrected chi connectivity index (χ3v) is 5.61. The molecule has 0 aliphatic carbocycles. The molecule has 0 aliphatic rings. The van der Waals surface area contributed by atoms with Crippen molar-refractivity contribution in [1.29, 1.82) is 5.26 Å². The molecule has 0 unspecified atom stereocenters. The average Bonchev–Trinajstić information content (AvgIpc) is 3.25. The number of hydrogen-bond donors (Lipinski definition) is 3. The Hall–Kier alpha value is -4.21. The van der Waals surface area contributed by atoms with Crippen molar-refractivity contribution in [2.45, 2.75) is 18.9 Å². The molecule has 4 rings (SSSR count). The lowest BCUT2D eigenvalue weighted by Crippen LogP contribution is -2.30. The number of carbonyl (C=O) groups is 2. The number of Topliss-reactive ketones (excluding diaryl/α,β-unsaturated/α-hetero) is 1. The van der Waals surface area contributed by atoms with Crippen LogP contribution >= 0.6 is 0 Å². The summed E-state index contributed by atoms with van der Waals surface area (Å²) in [6.45, 7) is 0.586. The molecule has 3 N–H and O–H groups in total. The summed E-state index contributed by atoms with van der Waals surface area (Å²) in [5.74, 6) is -0.953. The van der Waals surface area contributed by atoms with Crippen molar-refractivity contribution in [3.05, 3.63) is 107 Å². The number of ketones is 1. The maximum Gasteiger partial charge on any atom is 0.307 e. The zero-order chi connectivity index (χ0) is 23.2. The monoisotopic (exact) mass is 437 g/mol. The lowest BCUT2D eigenvalue weighted by atomic mass is 9.96. The Labute approximate surface area is 191 Å². The Bertz CT molecular complexity index is 1320. The number of rotatable bonds is 9. The van der Waals surface area contributed by atoms with E-state index in [1.165, 1.54) is 0 Å². The van der Waals surface area contributed by atoms with Crippen LogP contribution in [0.3, 0.4) is 0 Å². The summed E-state index contributed by atoms with van der Waals surface area (Å²) in [5.41, 5.74) is 4.55. The summed E-state index contributed by atoms with van der Waals surface area (Å²) in [5, 5.41) is 22.2. The van der Waals surface area contributed by atoms with Gasteiger partial charge in [0.1, 0.15) is 0 Å². The van der Waals surface area contributed by atoms with Crippen LogP contribution in [0, 0.1) is 11.3 Å². The van der Waals surface area contributed by atoms with Gasteiger partial charge in [-0.2, -0.15) is 5.26 Å². The van der Waals surface area contributed by atoms with E-state index in [1.54, 1.807) is 36.5 Å². The van der Waals surface area contributed by atoms with E-state index in [-0.39, 0.29) is 12.2 Å². The second-order valence-electron chi connectivity index (χ2n) is 7.87. The van der Waals surface area contributed by atoms with Gasteiger partial charge in [-0.05, 0) is 41.3 Å². The molecule has 1 heterocycles. The number of benzene rings is 3. The molecule has 0 amide bonds. The average molecular weight is 437 g/mol. The smallest absolute Gasteiger partial charge is 0.307 e. The minimum atomic E-state index is -0.896. The van der Waals surface area contributed by atoms with Gasteiger partial charge in [0.05, 0.1) is 24.1 Å². The Balaban J connectivity index is 1.56. The lowest BCUT2D eigenvalue weighted by molar-refractivity contribution is -0.136. The van der Waals surface area contributed by atoms with Crippen LogP contribution in [0.15, 0.2) is 79.0 Å². The SMILES string of the molecule is N#Cc1ccc(CCN[C@H](C(=O)c2c[nH]c3cc(CC(=O)O)ccc23)c2ccccc2)cc1. The summed E-state index contributed by atoms with van der Waals surface area (Å²) in [4.78, 5) is 27.7. The third kappa shape index (κ3) is 5.17. The van der Waals surface area contributed by atoms with Crippen LogP contribution in [0.1, 0.15) is 38.7 Å². The largest absolute Gasteiger partial charge is 0.481 e. The van der Waals surface area contributed by atoms with Gasteiger partial charge in [0.2, 0.25) is 0 Å². The highest BCUT2D eigenvalue weighted by Gasteiger charge is 2.24. The van der Waals surface area contributed by atoms with Crippen LogP contribution in [0.25, 0.3) is 10.9 Å². The minimum absolute atomic E-state index is 0.0572. The maximum absolute atomic E-state index is 13.6. The van der Waals surface area contributed by atoms with Gasteiger partial charge in [-0.1, -0.05) is 54.6 Å². The number of carboxylic acid groups (broad SMARTS) is 1. The molecule has 0 bridgehead atoms. The van der Waals surface area contributed by atoms with Crippen molar-refractivity contribution in [3.63, 3.8) is 0 Å². The molecule has 1 atom stereocenters. The van der Waals surface area contributed by atoms with Crippen LogP contribution in [0.5, 0.6) is 0 Å². The zero-order valence-corrected chi connectivity index (χ0v) is 17.9. The molecule has 164 valence electrons. The molecule has 6 nitrogen and oxygen atoms in total. The molecule has 1 aromatic heterocycles. The number of carbonyl (C=O) groups excluding carboxylic acids is 1. The molecule has 4 aromatic rings. The molecule has 33 heavy (non-hydrogen) atoms. The topological polar surface area (TPSA) is 106 Å². The number of H-pyrrole nitrogens is 1. The van der Waals surface area contributed by atoms with Crippen molar-refractivity contribution < 1.29 is 14.7 Å². The summed E-state index contributed by atoms with van der Waals surface area (Å²) in [6.07, 6.45) is 2.34. The molecular formula is C27H23N3O3. The molecule has 0 saturated heterocycles. The van der Waals surface area contributed by atoms with Gasteiger partial charge in [0.25, 0.3) is 0 Å². The number of hydrogen-bond acceptors (Lipinski definition) is 4. The standard InChI is InChI=1S/C27H23N3O3/c28-16-19-8-6-18(7-9-19)12-13-29-26(21-4-2-1-3-5-21)27(33)23-17-30-24-14-20(15-25(31)32)10-11-22(23)24/h1-11,14,17,26,29-30H,12-13,15H2,(H,31,32)/t26-/m0/s1. The predicted molar refractivity (Wildman–Crippen MR) is 126 cm³/mol. The van der Waals surface area contributed by atoms with Crippen LogP contribution in [0.4, 0.5) is 0 Å². The fourth-order valence-electron chi connectivity index (χ4n) is 3.93. The second kappa shape index (κ2) is 9.94. The number of fused-ring (bicyclic) bond motifs is 1. The van der Waals surface area contributed by atoms with Gasteiger partial charge in [0.15, 0.2) is 5.78 Å².